The molecule has 1 amide bonds. The number of rotatable bonds is 4. The summed E-state index contributed by atoms with van der Waals surface area (Å²) in [4.78, 5) is 31.1. The number of methoxy groups -OCH3 is 1. The van der Waals surface area contributed by atoms with Crippen LogP contribution in [0, 0.1) is 6.92 Å². The van der Waals surface area contributed by atoms with Crippen molar-refractivity contribution in [2.75, 3.05) is 19.0 Å². The summed E-state index contributed by atoms with van der Waals surface area (Å²) in [6.45, 7) is 2.58. The summed E-state index contributed by atoms with van der Waals surface area (Å²) >= 11 is 7.48. The highest BCUT2D eigenvalue weighted by Crippen LogP contribution is 2.34. The van der Waals surface area contributed by atoms with Crippen molar-refractivity contribution in [1.82, 2.24) is 15.0 Å². The summed E-state index contributed by atoms with van der Waals surface area (Å²) in [5, 5.41) is 3.72. The Balaban J connectivity index is 1.72. The molecule has 9 heteroatoms. The number of anilines is 1. The minimum absolute atomic E-state index is 0.305. The van der Waals surface area contributed by atoms with E-state index in [2.05, 4.69) is 25.3 Å². The molecular weight excluding hydrogens is 398 g/mol. The van der Waals surface area contributed by atoms with Gasteiger partial charge in [-0.15, -0.1) is 0 Å². The van der Waals surface area contributed by atoms with Gasteiger partial charge in [-0.2, -0.15) is 0 Å². The van der Waals surface area contributed by atoms with Crippen LogP contribution in [0.15, 0.2) is 29.5 Å². The quantitative estimate of drug-likeness (QED) is 0.657. The standard InChI is InChI=1S/C19H16ClN5O2S/c1-10-5-11(12-6-17(20)23-8-15(12)27-2)13(7-22-10)18(26)25-19-24-14-3-4-21-9-16(14)28-19/h5-9H,3-4H2,1-2H3,(H,24,25,26). The smallest absolute Gasteiger partial charge is 0.259 e. The Morgan fingerprint density at radius 2 is 2.11 bits per heavy atom. The molecule has 0 aliphatic carbocycles. The van der Waals surface area contributed by atoms with Gasteiger partial charge in [-0.05, 0) is 19.1 Å². The summed E-state index contributed by atoms with van der Waals surface area (Å²) in [6.07, 6.45) is 5.66. The van der Waals surface area contributed by atoms with Crippen molar-refractivity contribution in [3.8, 4) is 16.9 Å². The van der Waals surface area contributed by atoms with E-state index < -0.39 is 0 Å². The normalized spacial score (nSPS) is 12.5. The van der Waals surface area contributed by atoms with Crippen molar-refractivity contribution < 1.29 is 9.53 Å². The zero-order valence-corrected chi connectivity index (χ0v) is 16.8. The Labute approximate surface area is 170 Å². The first-order valence-electron chi connectivity index (χ1n) is 8.52. The van der Waals surface area contributed by atoms with Crippen molar-refractivity contribution in [3.05, 3.63) is 51.5 Å². The third-order valence-electron chi connectivity index (χ3n) is 4.26. The van der Waals surface area contributed by atoms with Gasteiger partial charge in [-0.25, -0.2) is 9.97 Å². The molecule has 4 rings (SSSR count). The van der Waals surface area contributed by atoms with Gasteiger partial charge < -0.3 is 4.74 Å². The van der Waals surface area contributed by atoms with Crippen LogP contribution in [-0.2, 0) is 6.42 Å². The topological polar surface area (TPSA) is 89.4 Å². The fourth-order valence-corrected chi connectivity index (χ4v) is 3.99. The zero-order chi connectivity index (χ0) is 19.7. The minimum atomic E-state index is -0.305. The highest BCUT2D eigenvalue weighted by Gasteiger charge is 2.20. The van der Waals surface area contributed by atoms with Crippen LogP contribution >= 0.6 is 22.9 Å². The Morgan fingerprint density at radius 3 is 2.89 bits per heavy atom. The second-order valence-electron chi connectivity index (χ2n) is 6.15. The molecule has 7 nitrogen and oxygen atoms in total. The number of halogens is 1. The van der Waals surface area contributed by atoms with Gasteiger partial charge in [0.2, 0.25) is 0 Å². The van der Waals surface area contributed by atoms with Crippen molar-refractivity contribution in [3.63, 3.8) is 0 Å². The molecule has 0 unspecified atom stereocenters. The van der Waals surface area contributed by atoms with Gasteiger partial charge >= 0.3 is 0 Å². The van der Waals surface area contributed by atoms with Gasteiger partial charge in [0, 0.05) is 42.2 Å². The van der Waals surface area contributed by atoms with Crippen LogP contribution < -0.4 is 10.1 Å². The lowest BCUT2D eigenvalue weighted by atomic mass is 10.0. The molecule has 4 heterocycles. The number of hydrogen-bond donors (Lipinski definition) is 1. The van der Waals surface area contributed by atoms with Crippen molar-refractivity contribution in [2.45, 2.75) is 13.3 Å². The molecule has 1 aliphatic heterocycles. The number of carbonyl (C=O) groups is 1. The molecule has 0 saturated carbocycles. The van der Waals surface area contributed by atoms with Crippen LogP contribution in [0.2, 0.25) is 5.15 Å². The van der Waals surface area contributed by atoms with Gasteiger partial charge in [-0.1, -0.05) is 22.9 Å². The molecule has 0 radical (unpaired) electrons. The second-order valence-corrected chi connectivity index (χ2v) is 7.57. The summed E-state index contributed by atoms with van der Waals surface area (Å²) in [5.74, 6) is 0.213. The molecule has 142 valence electrons. The van der Waals surface area contributed by atoms with E-state index in [1.807, 2.05) is 13.0 Å². The van der Waals surface area contributed by atoms with Gasteiger partial charge in [0.25, 0.3) is 5.91 Å². The fraction of sp³-hybridized carbons (Fsp3) is 0.211. The maximum Gasteiger partial charge on any atom is 0.259 e. The van der Waals surface area contributed by atoms with Crippen LogP contribution in [-0.4, -0.2) is 40.7 Å². The molecule has 1 aliphatic rings. The zero-order valence-electron chi connectivity index (χ0n) is 15.2. The van der Waals surface area contributed by atoms with E-state index in [0.717, 1.165) is 29.2 Å². The molecule has 0 spiro atoms. The van der Waals surface area contributed by atoms with E-state index >= 15 is 0 Å². The van der Waals surface area contributed by atoms with Gasteiger partial charge in [0.15, 0.2) is 5.13 Å². The SMILES string of the molecule is COc1cnc(Cl)cc1-c1cc(C)ncc1C(=O)Nc1nc2c(s1)C=NCC2. The first kappa shape index (κ1) is 18.5. The number of nitrogens with zero attached hydrogens (tertiary/aromatic N) is 4. The lowest BCUT2D eigenvalue weighted by Gasteiger charge is -2.13. The lowest BCUT2D eigenvalue weighted by molar-refractivity contribution is 0.102. The number of aryl methyl sites for hydroxylation is 1. The van der Waals surface area contributed by atoms with Crippen LogP contribution in [0.3, 0.4) is 0 Å². The number of aromatic nitrogens is 3. The van der Waals surface area contributed by atoms with Gasteiger partial charge in [-0.3, -0.25) is 20.1 Å². The van der Waals surface area contributed by atoms with Crippen LogP contribution in [0.25, 0.3) is 11.1 Å². The third kappa shape index (κ3) is 3.61. The molecule has 0 bridgehead atoms. The summed E-state index contributed by atoms with van der Waals surface area (Å²) in [7, 11) is 1.55. The average molecular weight is 414 g/mol. The Bertz CT molecular complexity index is 1100. The highest BCUT2D eigenvalue weighted by molar-refractivity contribution is 7.17. The number of pyridine rings is 2. The van der Waals surface area contributed by atoms with Gasteiger partial charge in [0.05, 0.1) is 29.4 Å². The van der Waals surface area contributed by atoms with Crippen LogP contribution in [0.5, 0.6) is 5.75 Å². The average Bonchev–Trinajstić information content (AvgIpc) is 3.10. The molecule has 0 saturated heterocycles. The predicted molar refractivity (Wildman–Crippen MR) is 110 cm³/mol. The monoisotopic (exact) mass is 413 g/mol. The van der Waals surface area contributed by atoms with Crippen LogP contribution in [0.4, 0.5) is 5.13 Å². The molecule has 3 aromatic heterocycles. The molecule has 0 fully saturated rings. The number of hydrogen-bond acceptors (Lipinski definition) is 7. The van der Waals surface area contributed by atoms with Crippen LogP contribution in [0.1, 0.15) is 26.6 Å². The van der Waals surface area contributed by atoms with Crippen molar-refractivity contribution >= 4 is 40.2 Å². The number of amides is 1. The Kier molecular flexibility index (Phi) is 5.06. The van der Waals surface area contributed by atoms with E-state index in [1.54, 1.807) is 25.6 Å². The van der Waals surface area contributed by atoms with E-state index in [4.69, 9.17) is 16.3 Å². The summed E-state index contributed by atoms with van der Waals surface area (Å²) < 4.78 is 5.40. The number of aliphatic imine (C=N–C) groups is 1. The van der Waals surface area contributed by atoms with E-state index in [9.17, 15) is 4.79 Å². The summed E-state index contributed by atoms with van der Waals surface area (Å²) in [6, 6.07) is 3.49. The number of fused-ring (bicyclic) bond motifs is 1. The number of thiazole rings is 1. The minimum Gasteiger partial charge on any atom is -0.494 e. The molecule has 28 heavy (non-hydrogen) atoms. The predicted octanol–water partition coefficient (Wildman–Crippen LogP) is 3.80. The largest absolute Gasteiger partial charge is 0.494 e. The van der Waals surface area contributed by atoms with Crippen molar-refractivity contribution in [1.29, 1.82) is 0 Å². The molecule has 1 N–H and O–H groups in total. The lowest BCUT2D eigenvalue weighted by Crippen LogP contribution is -2.14. The maximum atomic E-state index is 13.0. The second kappa shape index (κ2) is 7.65. The summed E-state index contributed by atoms with van der Waals surface area (Å²) in [5.41, 5.74) is 3.45. The van der Waals surface area contributed by atoms with E-state index in [0.29, 0.717) is 32.7 Å². The molecular formula is C19H16ClN5O2S. The third-order valence-corrected chi connectivity index (χ3v) is 5.42. The van der Waals surface area contributed by atoms with Crippen molar-refractivity contribution in [2.24, 2.45) is 4.99 Å². The molecule has 0 aromatic carbocycles. The van der Waals surface area contributed by atoms with E-state index in [-0.39, 0.29) is 5.91 Å². The van der Waals surface area contributed by atoms with E-state index in [1.165, 1.54) is 17.5 Å². The number of carbonyl (C=O) groups excluding carboxylic acids is 1. The first-order valence-corrected chi connectivity index (χ1v) is 9.72. The Hall–Kier alpha value is -2.84. The number of nitrogens with one attached hydrogen (secondary N) is 1. The maximum absolute atomic E-state index is 13.0. The molecule has 0 atom stereocenters. The van der Waals surface area contributed by atoms with Gasteiger partial charge in [0.1, 0.15) is 10.9 Å². The molecule has 3 aromatic rings. The first-order chi connectivity index (χ1) is 13.5. The highest BCUT2D eigenvalue weighted by atomic mass is 35.5. The number of ether oxygens (including phenoxy) is 1. The fourth-order valence-electron chi connectivity index (χ4n) is 2.93. The Morgan fingerprint density at radius 1 is 1.25 bits per heavy atom.